The van der Waals surface area contributed by atoms with E-state index in [2.05, 4.69) is 31.3 Å². The van der Waals surface area contributed by atoms with Crippen LogP contribution in [0.25, 0.3) is 0 Å². The van der Waals surface area contributed by atoms with Crippen molar-refractivity contribution in [1.82, 2.24) is 5.32 Å². The lowest BCUT2D eigenvalue weighted by molar-refractivity contribution is -0.302. The molecule has 0 bridgehead atoms. The summed E-state index contributed by atoms with van der Waals surface area (Å²) >= 11 is 0. The average Bonchev–Trinajstić information content (AvgIpc) is 3.25. The smallest absolute Gasteiger partial charge is 0.249 e. The molecule has 12 heteroatoms. The third-order valence-electron chi connectivity index (χ3n) is 11.8. The largest absolute Gasteiger partial charge is 0.394 e. The molecule has 358 valence electrons. The molecule has 0 aromatic heterocycles. The molecule has 0 aromatic rings. The van der Waals surface area contributed by atoms with Crippen molar-refractivity contribution in [3.63, 3.8) is 0 Å². The van der Waals surface area contributed by atoms with Crippen molar-refractivity contribution in [2.24, 2.45) is 0 Å². The number of hydrogen-bond donors (Lipinski definition) is 9. The van der Waals surface area contributed by atoms with Crippen LogP contribution >= 0.6 is 0 Å². The van der Waals surface area contributed by atoms with E-state index < -0.39 is 80.3 Å². The Hall–Kier alpha value is -1.71. The van der Waals surface area contributed by atoms with E-state index >= 15 is 0 Å². The maximum absolute atomic E-state index is 13.1. The number of aliphatic hydroxyl groups is 8. The highest BCUT2D eigenvalue weighted by molar-refractivity contribution is 5.80. The lowest BCUT2D eigenvalue weighted by Crippen LogP contribution is -2.60. The molecule has 1 aliphatic rings. The van der Waals surface area contributed by atoms with E-state index in [1.54, 1.807) is 19.1 Å². The molecule has 61 heavy (non-hydrogen) atoms. The predicted molar refractivity (Wildman–Crippen MR) is 244 cm³/mol. The minimum absolute atomic E-state index is 0.254. The quantitative estimate of drug-likeness (QED) is 0.0220. The zero-order chi connectivity index (χ0) is 45.1. The van der Waals surface area contributed by atoms with E-state index in [1.165, 1.54) is 102 Å². The number of amides is 1. The first-order valence-electron chi connectivity index (χ1n) is 24.4. The normalized spacial score (nSPS) is 22.5. The van der Waals surface area contributed by atoms with Gasteiger partial charge in [-0.25, -0.2) is 0 Å². The van der Waals surface area contributed by atoms with Crippen LogP contribution < -0.4 is 5.32 Å². The number of nitrogens with one attached hydrogen (secondary N) is 1. The summed E-state index contributed by atoms with van der Waals surface area (Å²) in [4.78, 5) is 13.1. The molecule has 1 saturated heterocycles. The highest BCUT2D eigenvalue weighted by Crippen LogP contribution is 2.23. The summed E-state index contributed by atoms with van der Waals surface area (Å²) in [5.41, 5.74) is 0.667. The molecular formula is C49H91NO11. The minimum atomic E-state index is -1.67. The molecular weight excluding hydrogens is 779 g/mol. The second kappa shape index (κ2) is 37.6. The van der Waals surface area contributed by atoms with Gasteiger partial charge in [0.2, 0.25) is 5.91 Å². The third-order valence-corrected chi connectivity index (χ3v) is 11.8. The molecule has 1 heterocycles. The number of rotatable bonds is 39. The summed E-state index contributed by atoms with van der Waals surface area (Å²) in [5, 5.41) is 85.8. The van der Waals surface area contributed by atoms with Crippen LogP contribution in [0.4, 0.5) is 0 Å². The fourth-order valence-electron chi connectivity index (χ4n) is 7.64. The Morgan fingerprint density at radius 1 is 0.623 bits per heavy atom. The topological polar surface area (TPSA) is 209 Å². The van der Waals surface area contributed by atoms with E-state index in [1.807, 2.05) is 0 Å². The average molecular weight is 870 g/mol. The van der Waals surface area contributed by atoms with Crippen LogP contribution in [0.15, 0.2) is 36.0 Å². The Labute approximate surface area is 369 Å². The molecule has 0 saturated carbocycles. The highest BCUT2D eigenvalue weighted by atomic mass is 16.7. The predicted octanol–water partition coefficient (Wildman–Crippen LogP) is 7.36. The highest BCUT2D eigenvalue weighted by Gasteiger charge is 2.44. The van der Waals surface area contributed by atoms with Crippen molar-refractivity contribution in [1.29, 1.82) is 0 Å². The van der Waals surface area contributed by atoms with E-state index in [0.29, 0.717) is 31.3 Å². The molecule has 10 unspecified atom stereocenters. The fraction of sp³-hybridized carbons (Fsp3) is 0.857. The van der Waals surface area contributed by atoms with Crippen LogP contribution in [0.5, 0.6) is 0 Å². The maximum Gasteiger partial charge on any atom is 0.249 e. The van der Waals surface area contributed by atoms with E-state index in [0.717, 1.165) is 44.9 Å². The standard InChI is InChI=1S/C49H91NO11/c1-4-6-8-10-11-12-13-14-15-16-17-18-19-20-21-22-23-24-26-28-34-43(55)48(59)50-40(37-60-49-47(58)46(57)45(56)44(36-51)61-49)42(54)33-30-29-32-41(53)38(3)35-39(52)31-27-25-9-7-5-2/h14-15,30,33,35,39-47,49,51-58H,4-13,16-29,31-32,34,36-37H2,1-3H3,(H,50,59). The molecule has 0 radical (unpaired) electrons. The molecule has 1 amide bonds. The fourth-order valence-corrected chi connectivity index (χ4v) is 7.64. The van der Waals surface area contributed by atoms with Gasteiger partial charge < -0.3 is 55.6 Å². The first-order chi connectivity index (χ1) is 29.5. The van der Waals surface area contributed by atoms with Gasteiger partial charge in [-0.15, -0.1) is 0 Å². The molecule has 1 rings (SSSR count). The van der Waals surface area contributed by atoms with Gasteiger partial charge in [0.05, 0.1) is 37.6 Å². The van der Waals surface area contributed by atoms with Crippen molar-refractivity contribution in [2.75, 3.05) is 13.2 Å². The SMILES string of the molecule is CCCCCCCCC=CCCCCCCCCCCCCC(O)C(=O)NC(COC1OC(CO)C(O)C(O)C1O)C(O)C=CCCC(O)C(C)=CC(O)CCCCCCC. The van der Waals surface area contributed by atoms with Gasteiger partial charge in [0.15, 0.2) is 6.29 Å². The molecule has 0 aliphatic carbocycles. The van der Waals surface area contributed by atoms with E-state index in [4.69, 9.17) is 9.47 Å². The summed E-state index contributed by atoms with van der Waals surface area (Å²) in [5.74, 6) is -0.691. The van der Waals surface area contributed by atoms with Gasteiger partial charge >= 0.3 is 0 Å². The second-order valence-corrected chi connectivity index (χ2v) is 17.5. The van der Waals surface area contributed by atoms with Gasteiger partial charge in [0, 0.05) is 0 Å². The van der Waals surface area contributed by atoms with Crippen LogP contribution in [0.2, 0.25) is 0 Å². The van der Waals surface area contributed by atoms with Gasteiger partial charge in [-0.05, 0) is 63.9 Å². The molecule has 1 fully saturated rings. The Bertz CT molecular complexity index is 1130. The van der Waals surface area contributed by atoms with E-state index in [-0.39, 0.29) is 6.42 Å². The third kappa shape index (κ3) is 28.0. The Balaban J connectivity index is 2.50. The zero-order valence-corrected chi connectivity index (χ0v) is 38.5. The van der Waals surface area contributed by atoms with Gasteiger partial charge in [-0.1, -0.05) is 166 Å². The van der Waals surface area contributed by atoms with E-state index in [9.17, 15) is 45.6 Å². The number of allylic oxidation sites excluding steroid dienone is 3. The summed E-state index contributed by atoms with van der Waals surface area (Å²) in [6, 6.07) is -1.10. The Kier molecular flexibility index (Phi) is 35.4. The van der Waals surface area contributed by atoms with Crippen LogP contribution in [-0.2, 0) is 14.3 Å². The van der Waals surface area contributed by atoms with Crippen LogP contribution in [0, 0.1) is 0 Å². The number of aliphatic hydroxyl groups excluding tert-OH is 8. The maximum atomic E-state index is 13.1. The van der Waals surface area contributed by atoms with Crippen LogP contribution in [0.3, 0.4) is 0 Å². The van der Waals surface area contributed by atoms with Gasteiger partial charge in [-0.3, -0.25) is 4.79 Å². The number of ether oxygens (including phenoxy) is 2. The van der Waals surface area contributed by atoms with Crippen LogP contribution in [0.1, 0.15) is 194 Å². The zero-order valence-electron chi connectivity index (χ0n) is 38.5. The monoisotopic (exact) mass is 870 g/mol. The number of carbonyl (C=O) groups excluding carboxylic acids is 1. The first-order valence-corrected chi connectivity index (χ1v) is 24.4. The summed E-state index contributed by atoms with van der Waals surface area (Å²) in [6.07, 6.45) is 26.7. The van der Waals surface area contributed by atoms with Gasteiger partial charge in [-0.2, -0.15) is 0 Å². The lowest BCUT2D eigenvalue weighted by Gasteiger charge is -2.40. The molecule has 12 nitrogen and oxygen atoms in total. The van der Waals surface area contributed by atoms with Crippen molar-refractivity contribution >= 4 is 5.91 Å². The summed E-state index contributed by atoms with van der Waals surface area (Å²) in [7, 11) is 0. The second-order valence-electron chi connectivity index (χ2n) is 17.5. The molecule has 9 N–H and O–H groups in total. The first kappa shape index (κ1) is 57.3. The van der Waals surface area contributed by atoms with Crippen molar-refractivity contribution in [2.45, 2.75) is 255 Å². The van der Waals surface area contributed by atoms with Crippen molar-refractivity contribution in [3.05, 3.63) is 36.0 Å². The van der Waals surface area contributed by atoms with Gasteiger partial charge in [0.25, 0.3) is 0 Å². The Morgan fingerprint density at radius 3 is 1.67 bits per heavy atom. The lowest BCUT2D eigenvalue weighted by atomic mass is 9.99. The number of hydrogen-bond acceptors (Lipinski definition) is 11. The van der Waals surface area contributed by atoms with Crippen molar-refractivity contribution in [3.8, 4) is 0 Å². The van der Waals surface area contributed by atoms with Crippen molar-refractivity contribution < 1.29 is 55.1 Å². The number of carbonyl (C=O) groups is 1. The molecule has 10 atom stereocenters. The minimum Gasteiger partial charge on any atom is -0.394 e. The summed E-state index contributed by atoms with van der Waals surface area (Å²) < 4.78 is 11.1. The molecule has 0 aromatic carbocycles. The number of unbranched alkanes of at least 4 members (excludes halogenated alkanes) is 20. The summed E-state index contributed by atoms with van der Waals surface area (Å²) in [6.45, 7) is 5.15. The van der Waals surface area contributed by atoms with Crippen LogP contribution in [-0.4, -0.2) is 121 Å². The van der Waals surface area contributed by atoms with Gasteiger partial charge in [0.1, 0.15) is 30.5 Å². The molecule has 1 aliphatic heterocycles. The molecule has 0 spiro atoms. The Morgan fingerprint density at radius 2 is 1.13 bits per heavy atom.